The fourth-order valence-electron chi connectivity index (χ4n) is 1.88. The van der Waals surface area contributed by atoms with Gasteiger partial charge in [0.2, 0.25) is 5.91 Å². The van der Waals surface area contributed by atoms with E-state index < -0.39 is 5.54 Å². The van der Waals surface area contributed by atoms with Crippen LogP contribution >= 0.6 is 0 Å². The lowest BCUT2D eigenvalue weighted by Crippen LogP contribution is -2.51. The molecule has 1 unspecified atom stereocenters. The third-order valence-corrected chi connectivity index (χ3v) is 3.54. The maximum atomic E-state index is 13.1. The van der Waals surface area contributed by atoms with Gasteiger partial charge in [0.1, 0.15) is 11.4 Å². The zero-order chi connectivity index (χ0) is 16.0. The van der Waals surface area contributed by atoms with Crippen LogP contribution in [0.1, 0.15) is 26.3 Å². The highest BCUT2D eigenvalue weighted by Crippen LogP contribution is 2.15. The van der Waals surface area contributed by atoms with Crippen LogP contribution in [0, 0.1) is 23.1 Å². The minimum Gasteiger partial charge on any atom is -0.337 e. The molecule has 0 aliphatic rings. The number of hydrogen-bond acceptors (Lipinski definition) is 3. The van der Waals surface area contributed by atoms with Crippen LogP contribution in [-0.2, 0) is 11.3 Å². The Balaban J connectivity index is 2.57. The molecular formula is C16H22FN3O. The Morgan fingerprint density at radius 1 is 1.52 bits per heavy atom. The average Bonchev–Trinajstić information content (AvgIpc) is 2.37. The zero-order valence-corrected chi connectivity index (χ0v) is 13.0. The van der Waals surface area contributed by atoms with Crippen LogP contribution < -0.4 is 5.32 Å². The molecule has 21 heavy (non-hydrogen) atoms. The Morgan fingerprint density at radius 2 is 2.19 bits per heavy atom. The number of nitrogens with zero attached hydrogens (tertiary/aromatic N) is 2. The zero-order valence-electron chi connectivity index (χ0n) is 13.0. The first-order chi connectivity index (χ1) is 9.76. The molecule has 4 nitrogen and oxygen atoms in total. The Hall–Kier alpha value is -1.93. The maximum absolute atomic E-state index is 13.1. The molecular weight excluding hydrogens is 269 g/mol. The molecule has 0 aliphatic carbocycles. The van der Waals surface area contributed by atoms with Crippen molar-refractivity contribution in [2.45, 2.75) is 32.9 Å². The molecule has 1 rings (SSSR count). The summed E-state index contributed by atoms with van der Waals surface area (Å²) < 4.78 is 13.1. The van der Waals surface area contributed by atoms with Crippen molar-refractivity contribution in [3.8, 4) is 6.07 Å². The summed E-state index contributed by atoms with van der Waals surface area (Å²) >= 11 is 0. The molecule has 0 fully saturated rings. The smallest absolute Gasteiger partial charge is 0.235 e. The van der Waals surface area contributed by atoms with Crippen molar-refractivity contribution < 1.29 is 9.18 Å². The molecule has 1 amide bonds. The van der Waals surface area contributed by atoms with Crippen LogP contribution in [0.15, 0.2) is 24.3 Å². The largest absolute Gasteiger partial charge is 0.337 e. The summed E-state index contributed by atoms with van der Waals surface area (Å²) in [6, 6.07) is 8.43. The third kappa shape index (κ3) is 5.16. The van der Waals surface area contributed by atoms with Gasteiger partial charge in [-0.25, -0.2) is 4.39 Å². The van der Waals surface area contributed by atoms with Gasteiger partial charge in [-0.2, -0.15) is 5.26 Å². The first-order valence-corrected chi connectivity index (χ1v) is 6.92. The quantitative estimate of drug-likeness (QED) is 0.875. The lowest BCUT2D eigenvalue weighted by Gasteiger charge is -2.28. The SMILES string of the molecule is CC(C)C(C)(C#N)NC(=O)CN(C)Cc1cccc(F)c1. The molecule has 0 aliphatic heterocycles. The fraction of sp³-hybridized carbons (Fsp3) is 0.500. The molecule has 0 saturated heterocycles. The fourth-order valence-corrected chi connectivity index (χ4v) is 1.88. The predicted octanol–water partition coefficient (Wildman–Crippen LogP) is 2.31. The molecule has 0 spiro atoms. The van der Waals surface area contributed by atoms with Gasteiger partial charge in [-0.15, -0.1) is 0 Å². The predicted molar refractivity (Wildman–Crippen MR) is 79.7 cm³/mol. The number of amides is 1. The van der Waals surface area contributed by atoms with Gasteiger partial charge in [-0.3, -0.25) is 9.69 Å². The highest BCUT2D eigenvalue weighted by atomic mass is 19.1. The van der Waals surface area contributed by atoms with Crippen LogP contribution in [0.3, 0.4) is 0 Å². The molecule has 0 radical (unpaired) electrons. The van der Waals surface area contributed by atoms with Gasteiger partial charge in [-0.1, -0.05) is 26.0 Å². The first kappa shape index (κ1) is 17.1. The second-order valence-corrected chi connectivity index (χ2v) is 5.82. The number of halogens is 1. The Labute approximate surface area is 125 Å². The van der Waals surface area contributed by atoms with E-state index in [0.29, 0.717) is 6.54 Å². The Bertz CT molecular complexity index is 539. The number of carbonyl (C=O) groups is 1. The number of hydrogen-bond donors (Lipinski definition) is 1. The second kappa shape index (κ2) is 7.19. The second-order valence-electron chi connectivity index (χ2n) is 5.82. The summed E-state index contributed by atoms with van der Waals surface area (Å²) in [5.74, 6) is -0.492. The highest BCUT2D eigenvalue weighted by molar-refractivity contribution is 5.79. The third-order valence-electron chi connectivity index (χ3n) is 3.54. The molecule has 0 bridgehead atoms. The van der Waals surface area contributed by atoms with E-state index in [1.54, 1.807) is 24.9 Å². The number of rotatable bonds is 6. The maximum Gasteiger partial charge on any atom is 0.235 e. The summed E-state index contributed by atoms with van der Waals surface area (Å²) in [7, 11) is 1.78. The number of carbonyl (C=O) groups excluding carboxylic acids is 1. The van der Waals surface area contributed by atoms with E-state index in [9.17, 15) is 14.4 Å². The summed E-state index contributed by atoms with van der Waals surface area (Å²) in [5, 5.41) is 11.9. The van der Waals surface area contributed by atoms with E-state index in [0.717, 1.165) is 5.56 Å². The van der Waals surface area contributed by atoms with Gasteiger partial charge in [-0.05, 0) is 37.6 Å². The van der Waals surface area contributed by atoms with E-state index in [4.69, 9.17) is 0 Å². The molecule has 1 aromatic rings. The van der Waals surface area contributed by atoms with Crippen LogP contribution in [-0.4, -0.2) is 29.9 Å². The average molecular weight is 291 g/mol. The molecule has 1 aromatic carbocycles. The van der Waals surface area contributed by atoms with Crippen LogP contribution in [0.25, 0.3) is 0 Å². The van der Waals surface area contributed by atoms with E-state index in [1.165, 1.54) is 12.1 Å². The van der Waals surface area contributed by atoms with Crippen LogP contribution in [0.5, 0.6) is 0 Å². The summed E-state index contributed by atoms with van der Waals surface area (Å²) in [6.45, 7) is 6.11. The topological polar surface area (TPSA) is 56.1 Å². The van der Waals surface area contributed by atoms with Crippen molar-refractivity contribution in [3.63, 3.8) is 0 Å². The van der Waals surface area contributed by atoms with Crippen LogP contribution in [0.2, 0.25) is 0 Å². The molecule has 0 heterocycles. The monoisotopic (exact) mass is 291 g/mol. The number of benzene rings is 1. The summed E-state index contributed by atoms with van der Waals surface area (Å²) in [6.07, 6.45) is 0. The first-order valence-electron chi connectivity index (χ1n) is 6.92. The molecule has 1 N–H and O–H groups in total. The van der Waals surface area contributed by atoms with E-state index in [1.807, 2.05) is 19.9 Å². The van der Waals surface area contributed by atoms with E-state index in [2.05, 4.69) is 11.4 Å². The van der Waals surface area contributed by atoms with Crippen molar-refractivity contribution in [3.05, 3.63) is 35.6 Å². The highest BCUT2D eigenvalue weighted by Gasteiger charge is 2.30. The lowest BCUT2D eigenvalue weighted by molar-refractivity contribution is -0.123. The van der Waals surface area contributed by atoms with Gasteiger partial charge in [0.15, 0.2) is 0 Å². The summed E-state index contributed by atoms with van der Waals surface area (Å²) in [5.41, 5.74) is -0.0752. The molecule has 1 atom stereocenters. The standard InChI is InChI=1S/C16H22FN3O/c1-12(2)16(3,11-18)19-15(21)10-20(4)9-13-6-5-7-14(17)8-13/h5-8,12H,9-10H2,1-4H3,(H,19,21). The summed E-state index contributed by atoms with van der Waals surface area (Å²) in [4.78, 5) is 13.8. The van der Waals surface area contributed by atoms with Crippen LogP contribution in [0.4, 0.5) is 4.39 Å². The molecule has 5 heteroatoms. The normalized spacial score (nSPS) is 13.8. The van der Waals surface area contributed by atoms with Crippen molar-refractivity contribution in [2.24, 2.45) is 5.92 Å². The number of nitriles is 1. The minimum atomic E-state index is -0.878. The van der Waals surface area contributed by atoms with Gasteiger partial charge >= 0.3 is 0 Å². The van der Waals surface area contributed by atoms with Gasteiger partial charge in [0.25, 0.3) is 0 Å². The van der Waals surface area contributed by atoms with E-state index in [-0.39, 0.29) is 24.2 Å². The Morgan fingerprint density at radius 3 is 2.71 bits per heavy atom. The van der Waals surface area contributed by atoms with Crippen molar-refractivity contribution in [1.29, 1.82) is 5.26 Å². The molecule has 114 valence electrons. The van der Waals surface area contributed by atoms with Gasteiger partial charge in [0.05, 0.1) is 12.6 Å². The molecule has 0 saturated carbocycles. The number of likely N-dealkylation sites (N-methyl/N-ethyl adjacent to an activating group) is 1. The van der Waals surface area contributed by atoms with Crippen molar-refractivity contribution in [1.82, 2.24) is 10.2 Å². The van der Waals surface area contributed by atoms with Gasteiger partial charge < -0.3 is 5.32 Å². The molecule has 0 aromatic heterocycles. The van der Waals surface area contributed by atoms with Crippen molar-refractivity contribution >= 4 is 5.91 Å². The minimum absolute atomic E-state index is 0.0139. The van der Waals surface area contributed by atoms with Crippen molar-refractivity contribution in [2.75, 3.05) is 13.6 Å². The Kier molecular flexibility index (Phi) is 5.86. The van der Waals surface area contributed by atoms with E-state index >= 15 is 0 Å². The van der Waals surface area contributed by atoms with Gasteiger partial charge in [0, 0.05) is 6.54 Å². The lowest BCUT2D eigenvalue weighted by atomic mass is 9.90. The number of nitrogens with one attached hydrogen (secondary N) is 1.